The zero-order valence-corrected chi connectivity index (χ0v) is 14.4. The Morgan fingerprint density at radius 1 is 1.04 bits per heavy atom. The van der Waals surface area contributed by atoms with Crippen molar-refractivity contribution in [2.24, 2.45) is 0 Å². The summed E-state index contributed by atoms with van der Waals surface area (Å²) in [6.45, 7) is 2.70. The SMILES string of the molecule is CCCCCn1nc(-c2cccc(C(F)(F)F)c2)c(=O)c2ccccc21. The van der Waals surface area contributed by atoms with Crippen LogP contribution in [0.1, 0.15) is 31.7 Å². The average molecular weight is 360 g/mol. The summed E-state index contributed by atoms with van der Waals surface area (Å²) >= 11 is 0. The van der Waals surface area contributed by atoms with Gasteiger partial charge in [-0.25, -0.2) is 0 Å². The molecule has 0 saturated carbocycles. The van der Waals surface area contributed by atoms with Crippen molar-refractivity contribution >= 4 is 10.9 Å². The van der Waals surface area contributed by atoms with Crippen molar-refractivity contribution < 1.29 is 13.2 Å². The number of para-hydroxylation sites is 1. The zero-order valence-electron chi connectivity index (χ0n) is 14.4. The molecular formula is C20H19F3N2O. The van der Waals surface area contributed by atoms with E-state index >= 15 is 0 Å². The Bertz CT molecular complexity index is 977. The normalized spacial score (nSPS) is 11.8. The molecule has 6 heteroatoms. The predicted octanol–water partition coefficient (Wildman–Crippen LogP) is 5.27. The molecule has 3 aromatic rings. The first kappa shape index (κ1) is 18.2. The molecule has 0 N–H and O–H groups in total. The second-order valence-electron chi connectivity index (χ2n) is 6.20. The summed E-state index contributed by atoms with van der Waals surface area (Å²) in [5.74, 6) is 0. The molecule has 3 rings (SSSR count). The molecule has 0 radical (unpaired) electrons. The lowest BCUT2D eigenvalue weighted by atomic mass is 10.1. The summed E-state index contributed by atoms with van der Waals surface area (Å²) in [6.07, 6.45) is -1.52. The van der Waals surface area contributed by atoms with Gasteiger partial charge in [-0.2, -0.15) is 18.3 Å². The minimum absolute atomic E-state index is 0.0475. The van der Waals surface area contributed by atoms with Crippen molar-refractivity contribution in [3.8, 4) is 11.3 Å². The number of alkyl halides is 3. The first-order valence-corrected chi connectivity index (χ1v) is 8.59. The number of hydrogen-bond donors (Lipinski definition) is 0. The molecule has 0 aliphatic heterocycles. The van der Waals surface area contributed by atoms with E-state index in [2.05, 4.69) is 12.0 Å². The van der Waals surface area contributed by atoms with Gasteiger partial charge in [-0.15, -0.1) is 0 Å². The van der Waals surface area contributed by atoms with Gasteiger partial charge in [0.25, 0.3) is 0 Å². The van der Waals surface area contributed by atoms with Crippen LogP contribution in [0.5, 0.6) is 0 Å². The highest BCUT2D eigenvalue weighted by Crippen LogP contribution is 2.31. The van der Waals surface area contributed by atoms with E-state index in [0.29, 0.717) is 17.4 Å². The van der Waals surface area contributed by atoms with Gasteiger partial charge in [0.1, 0.15) is 5.69 Å². The van der Waals surface area contributed by atoms with Gasteiger partial charge in [-0.3, -0.25) is 9.48 Å². The Morgan fingerprint density at radius 3 is 2.54 bits per heavy atom. The summed E-state index contributed by atoms with van der Waals surface area (Å²) in [5.41, 5.74) is -0.219. The van der Waals surface area contributed by atoms with Crippen molar-refractivity contribution in [2.75, 3.05) is 0 Å². The third kappa shape index (κ3) is 3.64. The van der Waals surface area contributed by atoms with Gasteiger partial charge >= 0.3 is 6.18 Å². The van der Waals surface area contributed by atoms with E-state index in [1.807, 2.05) is 12.1 Å². The van der Waals surface area contributed by atoms with E-state index in [9.17, 15) is 18.0 Å². The summed E-state index contributed by atoms with van der Waals surface area (Å²) in [7, 11) is 0. The molecule has 0 saturated heterocycles. The Kier molecular flexibility index (Phi) is 5.11. The van der Waals surface area contributed by atoms with Crippen molar-refractivity contribution in [1.82, 2.24) is 9.78 Å². The zero-order chi connectivity index (χ0) is 18.7. The molecule has 1 heterocycles. The quantitative estimate of drug-likeness (QED) is 0.581. The molecule has 0 amide bonds. The number of halogens is 3. The highest BCUT2D eigenvalue weighted by Gasteiger charge is 2.30. The molecule has 2 aromatic carbocycles. The van der Waals surface area contributed by atoms with Crippen LogP contribution < -0.4 is 5.43 Å². The van der Waals surface area contributed by atoms with Gasteiger partial charge in [0.05, 0.1) is 11.1 Å². The molecule has 0 atom stereocenters. The maximum absolute atomic E-state index is 13.0. The van der Waals surface area contributed by atoms with Gasteiger partial charge in [0.2, 0.25) is 5.43 Å². The average Bonchev–Trinajstić information content (AvgIpc) is 2.63. The van der Waals surface area contributed by atoms with E-state index < -0.39 is 11.7 Å². The van der Waals surface area contributed by atoms with Crippen LogP contribution in [-0.2, 0) is 12.7 Å². The summed E-state index contributed by atoms with van der Waals surface area (Å²) in [6, 6.07) is 11.8. The molecule has 0 fully saturated rings. The fraction of sp³-hybridized carbons (Fsp3) is 0.300. The van der Waals surface area contributed by atoms with Crippen molar-refractivity contribution in [1.29, 1.82) is 0 Å². The van der Waals surface area contributed by atoms with Gasteiger partial charge in [-0.1, -0.05) is 44.0 Å². The summed E-state index contributed by atoms with van der Waals surface area (Å²) in [5, 5.41) is 4.87. The molecule has 0 unspecified atom stereocenters. The molecule has 1 aromatic heterocycles. The number of fused-ring (bicyclic) bond motifs is 1. The minimum atomic E-state index is -4.47. The Balaban J connectivity index is 2.17. The Morgan fingerprint density at radius 2 is 1.81 bits per heavy atom. The second-order valence-corrected chi connectivity index (χ2v) is 6.20. The van der Waals surface area contributed by atoms with Gasteiger partial charge in [0.15, 0.2) is 0 Å². The van der Waals surface area contributed by atoms with Crippen LogP contribution in [-0.4, -0.2) is 9.78 Å². The van der Waals surface area contributed by atoms with E-state index in [0.717, 1.165) is 31.4 Å². The Hall–Kier alpha value is -2.63. The lowest BCUT2D eigenvalue weighted by molar-refractivity contribution is -0.137. The van der Waals surface area contributed by atoms with Gasteiger partial charge in [-0.05, 0) is 30.7 Å². The van der Waals surface area contributed by atoms with Crippen molar-refractivity contribution in [2.45, 2.75) is 38.9 Å². The van der Waals surface area contributed by atoms with E-state index in [4.69, 9.17) is 0 Å². The standard InChI is InChI=1S/C20H19F3N2O/c1-2-3-6-12-25-17-11-5-4-10-16(17)19(26)18(24-25)14-8-7-9-15(13-14)20(21,22)23/h4-5,7-11,13H,2-3,6,12H2,1H3. The molecule has 0 aliphatic carbocycles. The highest BCUT2D eigenvalue weighted by molar-refractivity contribution is 5.82. The molecule has 0 aliphatic rings. The first-order chi connectivity index (χ1) is 12.4. The van der Waals surface area contributed by atoms with Gasteiger partial charge < -0.3 is 0 Å². The van der Waals surface area contributed by atoms with Crippen LogP contribution in [0.15, 0.2) is 53.3 Å². The predicted molar refractivity (Wildman–Crippen MR) is 96.0 cm³/mol. The van der Waals surface area contributed by atoms with Crippen LogP contribution in [0.4, 0.5) is 13.2 Å². The van der Waals surface area contributed by atoms with E-state index in [1.165, 1.54) is 12.1 Å². The fourth-order valence-corrected chi connectivity index (χ4v) is 2.95. The second kappa shape index (κ2) is 7.32. The number of nitrogens with zero attached hydrogens (tertiary/aromatic N) is 2. The fourth-order valence-electron chi connectivity index (χ4n) is 2.95. The molecule has 136 valence electrons. The molecule has 3 nitrogen and oxygen atoms in total. The third-order valence-corrected chi connectivity index (χ3v) is 4.30. The number of unbranched alkanes of at least 4 members (excludes halogenated alkanes) is 2. The van der Waals surface area contributed by atoms with Crippen LogP contribution in [0, 0.1) is 0 Å². The van der Waals surface area contributed by atoms with Crippen LogP contribution in [0.25, 0.3) is 22.2 Å². The number of benzene rings is 2. The monoisotopic (exact) mass is 360 g/mol. The maximum atomic E-state index is 13.0. The molecule has 26 heavy (non-hydrogen) atoms. The smallest absolute Gasteiger partial charge is 0.287 e. The molecule has 0 bridgehead atoms. The van der Waals surface area contributed by atoms with Crippen molar-refractivity contribution in [3.63, 3.8) is 0 Å². The lowest BCUT2D eigenvalue weighted by Gasteiger charge is -2.13. The maximum Gasteiger partial charge on any atom is 0.416 e. The first-order valence-electron chi connectivity index (χ1n) is 8.59. The number of rotatable bonds is 5. The number of aromatic nitrogens is 2. The Labute approximate surface area is 149 Å². The van der Waals surface area contributed by atoms with Crippen molar-refractivity contribution in [3.05, 3.63) is 64.3 Å². The van der Waals surface area contributed by atoms with E-state index in [1.54, 1.807) is 16.8 Å². The van der Waals surface area contributed by atoms with Gasteiger partial charge in [0, 0.05) is 17.5 Å². The number of aryl methyl sites for hydroxylation is 1. The van der Waals surface area contributed by atoms with Crippen LogP contribution in [0.3, 0.4) is 0 Å². The summed E-state index contributed by atoms with van der Waals surface area (Å²) in [4.78, 5) is 12.8. The minimum Gasteiger partial charge on any atom is -0.287 e. The summed E-state index contributed by atoms with van der Waals surface area (Å²) < 4.78 is 40.8. The topological polar surface area (TPSA) is 34.9 Å². The van der Waals surface area contributed by atoms with Crippen LogP contribution >= 0.6 is 0 Å². The van der Waals surface area contributed by atoms with Crippen LogP contribution in [0.2, 0.25) is 0 Å². The number of hydrogen-bond acceptors (Lipinski definition) is 2. The molecule has 0 spiro atoms. The van der Waals surface area contributed by atoms with E-state index in [-0.39, 0.29) is 16.7 Å². The highest BCUT2D eigenvalue weighted by atomic mass is 19.4. The lowest BCUT2D eigenvalue weighted by Crippen LogP contribution is -2.17. The largest absolute Gasteiger partial charge is 0.416 e. The molecular weight excluding hydrogens is 341 g/mol. The third-order valence-electron chi connectivity index (χ3n) is 4.30.